The van der Waals surface area contributed by atoms with Crippen LogP contribution in [0.2, 0.25) is 0 Å². The summed E-state index contributed by atoms with van der Waals surface area (Å²) in [7, 11) is 1.75. The van der Waals surface area contributed by atoms with Gasteiger partial charge in [0, 0.05) is 13.0 Å². The van der Waals surface area contributed by atoms with E-state index in [1.165, 1.54) is 5.57 Å². The van der Waals surface area contributed by atoms with Crippen molar-refractivity contribution in [2.24, 2.45) is 5.92 Å². The first-order valence-corrected chi connectivity index (χ1v) is 4.97. The van der Waals surface area contributed by atoms with Crippen LogP contribution in [0.15, 0.2) is 11.6 Å². The predicted octanol–water partition coefficient (Wildman–Crippen LogP) is 2.38. The fraction of sp³-hybridized carbons (Fsp3) is 0.818. The van der Waals surface area contributed by atoms with Gasteiger partial charge in [0.1, 0.15) is 0 Å². The summed E-state index contributed by atoms with van der Waals surface area (Å²) in [5.74, 6) is 0.400. The first-order valence-electron chi connectivity index (χ1n) is 4.97. The Bertz CT molecular complexity index is 152. The Labute approximate surface area is 81.6 Å². The van der Waals surface area contributed by atoms with Crippen LogP contribution >= 0.6 is 0 Å². The van der Waals surface area contributed by atoms with Crippen LogP contribution in [0.3, 0.4) is 0 Å². The summed E-state index contributed by atoms with van der Waals surface area (Å²) in [4.78, 5) is 0. The van der Waals surface area contributed by atoms with Crippen LogP contribution in [-0.2, 0) is 4.74 Å². The molecular formula is C11H22O2. The molecular weight excluding hydrogens is 164 g/mol. The molecule has 1 N–H and O–H groups in total. The third-order valence-electron chi connectivity index (χ3n) is 2.57. The Morgan fingerprint density at radius 1 is 1.54 bits per heavy atom. The number of methoxy groups -OCH3 is 1. The van der Waals surface area contributed by atoms with Gasteiger partial charge in [-0.3, -0.25) is 0 Å². The minimum absolute atomic E-state index is 0.124. The van der Waals surface area contributed by atoms with E-state index in [1.807, 2.05) is 13.0 Å². The number of hydrogen-bond acceptors (Lipinski definition) is 2. The summed E-state index contributed by atoms with van der Waals surface area (Å²) in [5.41, 5.74) is 1.21. The van der Waals surface area contributed by atoms with Crippen molar-refractivity contribution in [1.82, 2.24) is 0 Å². The Morgan fingerprint density at radius 2 is 2.15 bits per heavy atom. The highest BCUT2D eigenvalue weighted by Gasteiger charge is 2.16. The molecule has 0 aliphatic rings. The molecule has 0 amide bonds. The van der Waals surface area contributed by atoms with Crippen molar-refractivity contribution in [2.75, 3.05) is 13.7 Å². The summed E-state index contributed by atoms with van der Waals surface area (Å²) < 4.78 is 5.40. The van der Waals surface area contributed by atoms with Crippen molar-refractivity contribution in [2.45, 2.75) is 39.7 Å². The molecule has 0 radical (unpaired) electrons. The van der Waals surface area contributed by atoms with Gasteiger partial charge in [-0.15, -0.1) is 0 Å². The van der Waals surface area contributed by atoms with Crippen molar-refractivity contribution in [3.05, 3.63) is 11.6 Å². The normalized spacial score (nSPS) is 17.2. The lowest BCUT2D eigenvalue weighted by molar-refractivity contribution is 0.0629. The molecule has 2 heteroatoms. The topological polar surface area (TPSA) is 29.5 Å². The molecule has 2 unspecified atom stereocenters. The quantitative estimate of drug-likeness (QED) is 0.645. The van der Waals surface area contributed by atoms with Crippen LogP contribution in [0.25, 0.3) is 0 Å². The molecule has 0 aromatic heterocycles. The van der Waals surface area contributed by atoms with E-state index in [9.17, 15) is 0 Å². The lowest BCUT2D eigenvalue weighted by Crippen LogP contribution is -2.21. The van der Waals surface area contributed by atoms with E-state index in [2.05, 4.69) is 13.8 Å². The fourth-order valence-electron chi connectivity index (χ4n) is 1.48. The summed E-state index contributed by atoms with van der Waals surface area (Å²) in [6.07, 6.45) is 4.35. The van der Waals surface area contributed by atoms with Crippen LogP contribution < -0.4 is 0 Å². The van der Waals surface area contributed by atoms with Gasteiger partial charge in [-0.25, -0.2) is 0 Å². The van der Waals surface area contributed by atoms with Gasteiger partial charge in [0.15, 0.2) is 0 Å². The van der Waals surface area contributed by atoms with Crippen molar-refractivity contribution in [3.8, 4) is 0 Å². The van der Waals surface area contributed by atoms with E-state index in [0.29, 0.717) is 5.92 Å². The number of rotatable bonds is 6. The molecule has 0 aliphatic heterocycles. The smallest absolute Gasteiger partial charge is 0.0633 e. The molecule has 0 heterocycles. The maximum absolute atomic E-state index is 8.75. The molecule has 0 saturated heterocycles. The monoisotopic (exact) mass is 186 g/mol. The van der Waals surface area contributed by atoms with E-state index < -0.39 is 0 Å². The summed E-state index contributed by atoms with van der Waals surface area (Å²) in [6.45, 7) is 6.47. The van der Waals surface area contributed by atoms with Gasteiger partial charge in [0.2, 0.25) is 0 Å². The van der Waals surface area contributed by atoms with Crippen LogP contribution in [0, 0.1) is 5.92 Å². The molecule has 0 fully saturated rings. The van der Waals surface area contributed by atoms with Crippen molar-refractivity contribution < 1.29 is 9.84 Å². The van der Waals surface area contributed by atoms with Gasteiger partial charge in [-0.1, -0.05) is 31.9 Å². The van der Waals surface area contributed by atoms with E-state index in [-0.39, 0.29) is 12.7 Å². The van der Waals surface area contributed by atoms with Gasteiger partial charge in [0.25, 0.3) is 0 Å². The predicted molar refractivity (Wildman–Crippen MR) is 55.7 cm³/mol. The van der Waals surface area contributed by atoms with Gasteiger partial charge in [-0.2, -0.15) is 0 Å². The zero-order valence-corrected chi connectivity index (χ0v) is 9.21. The third-order valence-corrected chi connectivity index (χ3v) is 2.57. The lowest BCUT2D eigenvalue weighted by atomic mass is 9.93. The maximum Gasteiger partial charge on any atom is 0.0633 e. The standard InChI is InChI=1S/C11H22O2/c1-5-6-11(13-4)10(3)9(2)7-8-12/h7,10-12H,5-6,8H2,1-4H3. The third kappa shape index (κ3) is 4.44. The number of ether oxygens (including phenoxy) is 1. The molecule has 0 aromatic rings. The zero-order chi connectivity index (χ0) is 10.3. The molecule has 0 bridgehead atoms. The van der Waals surface area contributed by atoms with E-state index in [4.69, 9.17) is 9.84 Å². The van der Waals surface area contributed by atoms with Gasteiger partial charge in [0.05, 0.1) is 12.7 Å². The first kappa shape index (κ1) is 12.7. The second-order valence-electron chi connectivity index (χ2n) is 3.48. The Morgan fingerprint density at radius 3 is 2.54 bits per heavy atom. The minimum atomic E-state index is 0.124. The minimum Gasteiger partial charge on any atom is -0.392 e. The Hall–Kier alpha value is -0.340. The molecule has 0 spiro atoms. The summed E-state index contributed by atoms with van der Waals surface area (Å²) in [5, 5.41) is 8.75. The van der Waals surface area contributed by atoms with Gasteiger partial charge < -0.3 is 9.84 Å². The molecule has 78 valence electrons. The van der Waals surface area contributed by atoms with Crippen LogP contribution in [-0.4, -0.2) is 24.9 Å². The maximum atomic E-state index is 8.75. The number of hydrogen-bond donors (Lipinski definition) is 1. The second kappa shape index (κ2) is 7.10. The number of aliphatic hydroxyl groups excluding tert-OH is 1. The zero-order valence-electron chi connectivity index (χ0n) is 9.21. The van der Waals surface area contributed by atoms with Gasteiger partial charge in [-0.05, 0) is 13.3 Å². The van der Waals surface area contributed by atoms with E-state index in [0.717, 1.165) is 12.8 Å². The highest BCUT2D eigenvalue weighted by molar-refractivity contribution is 5.04. The van der Waals surface area contributed by atoms with Crippen molar-refractivity contribution >= 4 is 0 Å². The van der Waals surface area contributed by atoms with Crippen molar-refractivity contribution in [1.29, 1.82) is 0 Å². The SMILES string of the molecule is CCCC(OC)C(C)C(C)=CCO. The highest BCUT2D eigenvalue weighted by Crippen LogP contribution is 2.20. The van der Waals surface area contributed by atoms with Gasteiger partial charge >= 0.3 is 0 Å². The summed E-state index contributed by atoms with van der Waals surface area (Å²) >= 11 is 0. The molecule has 0 rings (SSSR count). The summed E-state index contributed by atoms with van der Waals surface area (Å²) in [6, 6.07) is 0. The average molecular weight is 186 g/mol. The van der Waals surface area contributed by atoms with Crippen LogP contribution in [0.1, 0.15) is 33.6 Å². The highest BCUT2D eigenvalue weighted by atomic mass is 16.5. The van der Waals surface area contributed by atoms with Crippen LogP contribution in [0.5, 0.6) is 0 Å². The van der Waals surface area contributed by atoms with Crippen molar-refractivity contribution in [3.63, 3.8) is 0 Å². The van der Waals surface area contributed by atoms with E-state index >= 15 is 0 Å². The second-order valence-corrected chi connectivity index (χ2v) is 3.48. The molecule has 13 heavy (non-hydrogen) atoms. The Balaban J connectivity index is 4.18. The average Bonchev–Trinajstić information content (AvgIpc) is 2.13. The largest absolute Gasteiger partial charge is 0.392 e. The molecule has 0 aliphatic carbocycles. The van der Waals surface area contributed by atoms with E-state index in [1.54, 1.807) is 7.11 Å². The lowest BCUT2D eigenvalue weighted by Gasteiger charge is -2.22. The molecule has 2 nitrogen and oxygen atoms in total. The number of aliphatic hydroxyl groups is 1. The fourth-order valence-corrected chi connectivity index (χ4v) is 1.48. The molecule has 0 aromatic carbocycles. The molecule has 0 saturated carbocycles. The first-order chi connectivity index (χ1) is 6.17. The van der Waals surface area contributed by atoms with Crippen LogP contribution in [0.4, 0.5) is 0 Å². The Kier molecular flexibility index (Phi) is 6.92. The molecule has 2 atom stereocenters.